The summed E-state index contributed by atoms with van der Waals surface area (Å²) in [5.74, 6) is -1.45. The van der Waals surface area contributed by atoms with Crippen molar-refractivity contribution >= 4 is 11.9 Å². The van der Waals surface area contributed by atoms with Crippen molar-refractivity contribution in [3.05, 3.63) is 71.3 Å². The summed E-state index contributed by atoms with van der Waals surface area (Å²) in [5.41, 5.74) is 1.02. The van der Waals surface area contributed by atoms with Crippen LogP contribution in [0, 0.1) is 17.6 Å². The van der Waals surface area contributed by atoms with Crippen LogP contribution in [0.1, 0.15) is 36.8 Å². The van der Waals surface area contributed by atoms with Crippen LogP contribution in [0.2, 0.25) is 0 Å². The van der Waals surface area contributed by atoms with E-state index in [1.54, 1.807) is 4.90 Å². The smallest absolute Gasteiger partial charge is 0.410 e. The van der Waals surface area contributed by atoms with Crippen molar-refractivity contribution in [1.82, 2.24) is 4.90 Å². The summed E-state index contributed by atoms with van der Waals surface area (Å²) in [6.45, 7) is 0.219. The number of benzene rings is 2. The minimum absolute atomic E-state index is 0.0386. The molecule has 4 nitrogen and oxygen atoms in total. The van der Waals surface area contributed by atoms with Crippen molar-refractivity contribution in [2.24, 2.45) is 5.92 Å². The Balaban J connectivity index is 1.36. The molecule has 2 fully saturated rings. The number of carbonyl (C=O) groups excluding carboxylic acids is 2. The molecule has 2 saturated heterocycles. The molecule has 2 unspecified atom stereocenters. The van der Waals surface area contributed by atoms with E-state index in [9.17, 15) is 18.4 Å². The molecule has 2 aromatic carbocycles. The Morgan fingerprint density at radius 2 is 1.69 bits per heavy atom. The molecule has 0 aliphatic carbocycles. The lowest BCUT2D eigenvalue weighted by molar-refractivity contribution is -0.124. The molecule has 0 N–H and O–H groups in total. The first kappa shape index (κ1) is 19.6. The van der Waals surface area contributed by atoms with E-state index >= 15 is 0 Å². The molecule has 0 radical (unpaired) electrons. The van der Waals surface area contributed by atoms with E-state index in [1.165, 1.54) is 0 Å². The number of amides is 1. The largest absolute Gasteiger partial charge is 0.445 e. The second-order valence-corrected chi connectivity index (χ2v) is 7.88. The highest BCUT2D eigenvalue weighted by atomic mass is 19.1. The van der Waals surface area contributed by atoms with Gasteiger partial charge in [-0.15, -0.1) is 0 Å². The summed E-state index contributed by atoms with van der Waals surface area (Å²) in [4.78, 5) is 27.1. The fourth-order valence-corrected chi connectivity index (χ4v) is 4.54. The first-order valence-corrected chi connectivity index (χ1v) is 9.97. The summed E-state index contributed by atoms with van der Waals surface area (Å²) in [6, 6.07) is 12.6. The minimum Gasteiger partial charge on any atom is -0.445 e. The maximum Gasteiger partial charge on any atom is 0.410 e. The third kappa shape index (κ3) is 4.31. The van der Waals surface area contributed by atoms with Crippen LogP contribution in [0.4, 0.5) is 13.6 Å². The number of ketones is 1. The van der Waals surface area contributed by atoms with E-state index in [4.69, 9.17) is 4.74 Å². The van der Waals surface area contributed by atoms with Gasteiger partial charge in [0.1, 0.15) is 24.0 Å². The standard InChI is InChI=1S/C23H23F2NO3/c24-18-6-9-21(25)16(10-18)13-22(27)17-11-19-7-8-20(12-17)26(19)23(28)29-14-15-4-2-1-3-5-15/h1-6,9-10,17,19-20H,7-8,11-14H2. The fourth-order valence-electron chi connectivity index (χ4n) is 4.54. The van der Waals surface area contributed by atoms with Crippen LogP contribution in [0.5, 0.6) is 0 Å². The second kappa shape index (κ2) is 8.31. The number of piperidine rings is 1. The minimum atomic E-state index is -0.565. The van der Waals surface area contributed by atoms with Gasteiger partial charge in [-0.1, -0.05) is 30.3 Å². The van der Waals surface area contributed by atoms with Gasteiger partial charge in [-0.3, -0.25) is 4.79 Å². The molecule has 29 heavy (non-hydrogen) atoms. The average molecular weight is 399 g/mol. The summed E-state index contributed by atoms with van der Waals surface area (Å²) in [7, 11) is 0. The van der Waals surface area contributed by atoms with E-state index in [0.29, 0.717) is 12.8 Å². The lowest BCUT2D eigenvalue weighted by Crippen LogP contribution is -2.48. The third-order valence-corrected chi connectivity index (χ3v) is 5.98. The first-order valence-electron chi connectivity index (χ1n) is 9.97. The van der Waals surface area contributed by atoms with Gasteiger partial charge in [0.25, 0.3) is 0 Å². The Morgan fingerprint density at radius 3 is 2.38 bits per heavy atom. The highest BCUT2D eigenvalue weighted by Gasteiger charge is 2.45. The monoisotopic (exact) mass is 399 g/mol. The Morgan fingerprint density at radius 1 is 1.00 bits per heavy atom. The fraction of sp³-hybridized carbons (Fsp3) is 0.391. The predicted octanol–water partition coefficient (Wildman–Crippen LogP) is 4.66. The van der Waals surface area contributed by atoms with Crippen molar-refractivity contribution < 1.29 is 23.1 Å². The van der Waals surface area contributed by atoms with Crippen molar-refractivity contribution in [2.45, 2.75) is 50.8 Å². The average Bonchev–Trinajstić information content (AvgIpc) is 2.99. The van der Waals surface area contributed by atoms with E-state index in [0.717, 1.165) is 36.6 Å². The van der Waals surface area contributed by atoms with Crippen LogP contribution < -0.4 is 0 Å². The van der Waals surface area contributed by atoms with Gasteiger partial charge in [0.05, 0.1) is 0 Å². The Bertz CT molecular complexity index is 888. The zero-order chi connectivity index (χ0) is 20.4. The molecule has 0 saturated carbocycles. The van der Waals surface area contributed by atoms with Gasteiger partial charge in [-0.2, -0.15) is 0 Å². The Kier molecular flexibility index (Phi) is 5.60. The summed E-state index contributed by atoms with van der Waals surface area (Å²) >= 11 is 0. The number of hydrogen-bond acceptors (Lipinski definition) is 3. The number of fused-ring (bicyclic) bond motifs is 2. The van der Waals surface area contributed by atoms with Gasteiger partial charge in [-0.25, -0.2) is 13.6 Å². The van der Waals surface area contributed by atoms with Crippen LogP contribution in [-0.4, -0.2) is 28.9 Å². The van der Waals surface area contributed by atoms with Crippen molar-refractivity contribution in [3.8, 4) is 0 Å². The molecule has 6 heteroatoms. The van der Waals surface area contributed by atoms with E-state index < -0.39 is 11.6 Å². The highest BCUT2D eigenvalue weighted by Crippen LogP contribution is 2.40. The quantitative estimate of drug-likeness (QED) is 0.735. The molecule has 2 aliphatic rings. The van der Waals surface area contributed by atoms with Crippen LogP contribution in [0.3, 0.4) is 0 Å². The maximum atomic E-state index is 13.9. The summed E-state index contributed by atoms with van der Waals surface area (Å²) < 4.78 is 32.7. The zero-order valence-corrected chi connectivity index (χ0v) is 16.0. The number of carbonyl (C=O) groups is 2. The number of hydrogen-bond donors (Lipinski definition) is 0. The van der Waals surface area contributed by atoms with Gasteiger partial charge in [0.15, 0.2) is 0 Å². The van der Waals surface area contributed by atoms with Crippen LogP contribution in [0.15, 0.2) is 48.5 Å². The summed E-state index contributed by atoms with van der Waals surface area (Å²) in [6.07, 6.45) is 2.31. The normalized spacial score (nSPS) is 23.1. The van der Waals surface area contributed by atoms with Gasteiger partial charge >= 0.3 is 6.09 Å². The van der Waals surface area contributed by atoms with E-state index in [-0.39, 0.29) is 48.5 Å². The topological polar surface area (TPSA) is 46.6 Å². The predicted molar refractivity (Wildman–Crippen MR) is 103 cm³/mol. The lowest BCUT2D eigenvalue weighted by atomic mass is 9.85. The van der Waals surface area contributed by atoms with Crippen molar-refractivity contribution in [1.29, 1.82) is 0 Å². The van der Waals surface area contributed by atoms with Gasteiger partial charge < -0.3 is 9.64 Å². The Hall–Kier alpha value is -2.76. The Labute approximate surface area is 168 Å². The number of halogens is 2. The second-order valence-electron chi connectivity index (χ2n) is 7.88. The van der Waals surface area contributed by atoms with Crippen LogP contribution in [0.25, 0.3) is 0 Å². The molecule has 152 valence electrons. The molecular weight excluding hydrogens is 376 g/mol. The molecule has 0 spiro atoms. The van der Waals surface area contributed by atoms with Crippen LogP contribution in [-0.2, 0) is 22.6 Å². The van der Waals surface area contributed by atoms with Gasteiger partial charge in [0, 0.05) is 24.4 Å². The number of rotatable bonds is 5. The van der Waals surface area contributed by atoms with Crippen molar-refractivity contribution in [3.63, 3.8) is 0 Å². The number of Topliss-reactive ketones (excluding diaryl/α,β-unsaturated/α-hetero) is 1. The van der Waals surface area contributed by atoms with Gasteiger partial charge in [0.2, 0.25) is 0 Å². The SMILES string of the molecule is O=C(Cc1cc(F)ccc1F)C1CC2CCC(C1)N2C(=O)OCc1ccccc1. The third-order valence-electron chi connectivity index (χ3n) is 5.98. The van der Waals surface area contributed by atoms with Crippen molar-refractivity contribution in [2.75, 3.05) is 0 Å². The van der Waals surface area contributed by atoms with E-state index in [1.807, 2.05) is 30.3 Å². The number of nitrogens with zero attached hydrogens (tertiary/aromatic N) is 1. The molecule has 2 atom stereocenters. The zero-order valence-electron chi connectivity index (χ0n) is 16.0. The maximum absolute atomic E-state index is 13.9. The molecular formula is C23H23F2NO3. The number of ether oxygens (including phenoxy) is 1. The molecule has 4 rings (SSSR count). The molecule has 0 aromatic heterocycles. The van der Waals surface area contributed by atoms with Crippen LogP contribution >= 0.6 is 0 Å². The molecule has 1 amide bonds. The van der Waals surface area contributed by atoms with E-state index in [2.05, 4.69) is 0 Å². The molecule has 2 aliphatic heterocycles. The molecule has 2 bridgehead atoms. The highest BCUT2D eigenvalue weighted by molar-refractivity contribution is 5.84. The molecule has 2 heterocycles. The summed E-state index contributed by atoms with van der Waals surface area (Å²) in [5, 5.41) is 0. The molecule has 2 aromatic rings. The lowest BCUT2D eigenvalue weighted by Gasteiger charge is -2.37. The van der Waals surface area contributed by atoms with Gasteiger partial charge in [-0.05, 0) is 55.0 Å². The first-order chi connectivity index (χ1) is 14.0.